The van der Waals surface area contributed by atoms with Crippen LogP contribution < -0.4 is 0 Å². The van der Waals surface area contributed by atoms with Crippen molar-refractivity contribution in [1.29, 1.82) is 0 Å². The van der Waals surface area contributed by atoms with E-state index < -0.39 is 0 Å². The van der Waals surface area contributed by atoms with E-state index in [0.717, 1.165) is 12.2 Å². The van der Waals surface area contributed by atoms with Gasteiger partial charge in [-0.1, -0.05) is 51.5 Å². The molecule has 0 aliphatic carbocycles. The summed E-state index contributed by atoms with van der Waals surface area (Å²) in [7, 11) is 0. The summed E-state index contributed by atoms with van der Waals surface area (Å²) in [6.07, 6.45) is 9.94. The molecule has 0 aromatic heterocycles. The Kier molecular flexibility index (Phi) is 8.86. The normalized spacial score (nSPS) is 13.7. The number of rotatable bonds is 8. The summed E-state index contributed by atoms with van der Waals surface area (Å²) in [6, 6.07) is 0. The van der Waals surface area contributed by atoms with Gasteiger partial charge in [-0.3, -0.25) is 0 Å². The molecule has 0 saturated carbocycles. The van der Waals surface area contributed by atoms with Crippen molar-refractivity contribution in [2.45, 2.75) is 38.4 Å². The molecule has 1 atom stereocenters. The summed E-state index contributed by atoms with van der Waals surface area (Å²) >= 11 is 1.91. The molecule has 80 valence electrons. The van der Waals surface area contributed by atoms with Crippen LogP contribution in [-0.2, 0) is 0 Å². The molecule has 0 aromatic rings. The molecule has 1 unspecified atom stereocenters. The van der Waals surface area contributed by atoms with E-state index in [1.165, 1.54) is 18.4 Å². The second-order valence-electron chi connectivity index (χ2n) is 3.16. The lowest BCUT2D eigenvalue weighted by molar-refractivity contribution is 0.811. The first kappa shape index (κ1) is 13.6. The molecule has 0 aliphatic heterocycles. The SMILES string of the molecule is C=C/C(=C\CCCC)C(C=C)SCC. The van der Waals surface area contributed by atoms with Crippen molar-refractivity contribution >= 4 is 11.8 Å². The fourth-order valence-corrected chi connectivity index (χ4v) is 2.15. The van der Waals surface area contributed by atoms with Crippen LogP contribution in [0.1, 0.15) is 33.1 Å². The largest absolute Gasteiger partial charge is 0.150 e. The number of hydrogen-bond donors (Lipinski definition) is 0. The van der Waals surface area contributed by atoms with Gasteiger partial charge in [0, 0.05) is 5.25 Å². The summed E-state index contributed by atoms with van der Waals surface area (Å²) in [5.41, 5.74) is 1.32. The minimum Gasteiger partial charge on any atom is -0.150 e. The van der Waals surface area contributed by atoms with Crippen molar-refractivity contribution in [2.75, 3.05) is 5.75 Å². The standard InChI is InChI=1S/C13H22S/c1-5-9-10-11-12(6-2)13(7-3)14-8-4/h6-7,11,13H,2-3,5,8-10H2,1,4H3/b12-11+. The molecule has 0 radical (unpaired) electrons. The molecule has 1 heteroatoms. The van der Waals surface area contributed by atoms with Crippen LogP contribution in [0, 0.1) is 0 Å². The van der Waals surface area contributed by atoms with Gasteiger partial charge in [0.1, 0.15) is 0 Å². The van der Waals surface area contributed by atoms with Gasteiger partial charge in [-0.15, -0.1) is 18.3 Å². The molecule has 0 aliphatic rings. The van der Waals surface area contributed by atoms with Gasteiger partial charge in [0.15, 0.2) is 0 Å². The highest BCUT2D eigenvalue weighted by Crippen LogP contribution is 2.21. The fraction of sp³-hybridized carbons (Fsp3) is 0.538. The van der Waals surface area contributed by atoms with Crippen LogP contribution in [0.4, 0.5) is 0 Å². The first-order valence-electron chi connectivity index (χ1n) is 5.36. The first-order valence-corrected chi connectivity index (χ1v) is 6.41. The number of thioether (sulfide) groups is 1. The average Bonchev–Trinajstić information content (AvgIpc) is 2.22. The molecule has 0 amide bonds. The maximum absolute atomic E-state index is 3.87. The van der Waals surface area contributed by atoms with Crippen molar-refractivity contribution in [3.05, 3.63) is 37.0 Å². The van der Waals surface area contributed by atoms with Crippen LogP contribution in [0.25, 0.3) is 0 Å². The van der Waals surface area contributed by atoms with Gasteiger partial charge in [-0.25, -0.2) is 0 Å². The minimum absolute atomic E-state index is 0.425. The van der Waals surface area contributed by atoms with Gasteiger partial charge in [-0.05, 0) is 17.7 Å². The Balaban J connectivity index is 4.25. The van der Waals surface area contributed by atoms with Crippen LogP contribution in [0.15, 0.2) is 37.0 Å². The maximum atomic E-state index is 3.87. The van der Waals surface area contributed by atoms with Gasteiger partial charge in [-0.2, -0.15) is 0 Å². The van der Waals surface area contributed by atoms with Gasteiger partial charge in [0.2, 0.25) is 0 Å². The summed E-state index contributed by atoms with van der Waals surface area (Å²) in [5.74, 6) is 1.12. The van der Waals surface area contributed by atoms with E-state index >= 15 is 0 Å². The van der Waals surface area contributed by atoms with E-state index in [1.807, 2.05) is 23.9 Å². The highest BCUT2D eigenvalue weighted by molar-refractivity contribution is 8.00. The van der Waals surface area contributed by atoms with Gasteiger partial charge < -0.3 is 0 Å². The third-order valence-corrected chi connectivity index (χ3v) is 3.22. The molecule has 0 spiro atoms. The molecule has 0 bridgehead atoms. The van der Waals surface area contributed by atoms with Gasteiger partial charge in [0.05, 0.1) is 0 Å². The fourth-order valence-electron chi connectivity index (χ4n) is 1.27. The van der Waals surface area contributed by atoms with Crippen LogP contribution in [0.2, 0.25) is 0 Å². The summed E-state index contributed by atoms with van der Waals surface area (Å²) in [6.45, 7) is 12.1. The van der Waals surface area contributed by atoms with Crippen LogP contribution in [0.5, 0.6) is 0 Å². The Morgan fingerprint density at radius 3 is 2.50 bits per heavy atom. The average molecular weight is 210 g/mol. The van der Waals surface area contributed by atoms with Crippen LogP contribution >= 0.6 is 11.8 Å². The molecule has 0 fully saturated rings. The zero-order valence-corrected chi connectivity index (χ0v) is 10.3. The predicted molar refractivity (Wildman–Crippen MR) is 69.9 cm³/mol. The van der Waals surface area contributed by atoms with Crippen molar-refractivity contribution < 1.29 is 0 Å². The van der Waals surface area contributed by atoms with E-state index in [9.17, 15) is 0 Å². The topological polar surface area (TPSA) is 0 Å². The smallest absolute Gasteiger partial charge is 0.0471 e. The molecule has 0 N–H and O–H groups in total. The minimum atomic E-state index is 0.425. The molecular weight excluding hydrogens is 188 g/mol. The van der Waals surface area contributed by atoms with Crippen LogP contribution in [-0.4, -0.2) is 11.0 Å². The Bertz CT molecular complexity index is 191. The Morgan fingerprint density at radius 2 is 2.07 bits per heavy atom. The maximum Gasteiger partial charge on any atom is 0.0471 e. The molecule has 0 rings (SSSR count). The lowest BCUT2D eigenvalue weighted by atomic mass is 10.1. The Labute approximate surface area is 93.2 Å². The molecule has 0 aromatic carbocycles. The third kappa shape index (κ3) is 5.33. The quantitative estimate of drug-likeness (QED) is 0.320. The highest BCUT2D eigenvalue weighted by atomic mass is 32.2. The number of allylic oxidation sites excluding steroid dienone is 2. The Morgan fingerprint density at radius 1 is 1.36 bits per heavy atom. The zero-order valence-electron chi connectivity index (χ0n) is 9.46. The summed E-state index contributed by atoms with van der Waals surface area (Å²) < 4.78 is 0. The van der Waals surface area contributed by atoms with Crippen LogP contribution in [0.3, 0.4) is 0 Å². The monoisotopic (exact) mass is 210 g/mol. The number of unbranched alkanes of at least 4 members (excludes halogenated alkanes) is 2. The summed E-state index contributed by atoms with van der Waals surface area (Å²) in [5, 5.41) is 0.425. The molecule has 14 heavy (non-hydrogen) atoms. The lowest BCUT2D eigenvalue weighted by Crippen LogP contribution is -2.01. The van der Waals surface area contributed by atoms with Crippen molar-refractivity contribution in [3.8, 4) is 0 Å². The molecular formula is C13H22S. The second kappa shape index (κ2) is 9.14. The van der Waals surface area contributed by atoms with E-state index in [1.54, 1.807) is 0 Å². The molecule has 0 saturated heterocycles. The number of hydrogen-bond acceptors (Lipinski definition) is 1. The Hall–Kier alpha value is -0.430. The highest BCUT2D eigenvalue weighted by Gasteiger charge is 2.05. The predicted octanol–water partition coefficient (Wildman–Crippen LogP) is 4.60. The van der Waals surface area contributed by atoms with Gasteiger partial charge >= 0.3 is 0 Å². The molecule has 0 heterocycles. The van der Waals surface area contributed by atoms with Gasteiger partial charge in [0.25, 0.3) is 0 Å². The van der Waals surface area contributed by atoms with E-state index in [2.05, 4.69) is 33.1 Å². The third-order valence-electron chi connectivity index (χ3n) is 2.06. The van der Waals surface area contributed by atoms with E-state index in [0.29, 0.717) is 5.25 Å². The van der Waals surface area contributed by atoms with E-state index in [-0.39, 0.29) is 0 Å². The summed E-state index contributed by atoms with van der Waals surface area (Å²) in [4.78, 5) is 0. The van der Waals surface area contributed by atoms with Crippen molar-refractivity contribution in [3.63, 3.8) is 0 Å². The lowest BCUT2D eigenvalue weighted by Gasteiger charge is -2.12. The zero-order chi connectivity index (χ0) is 10.8. The second-order valence-corrected chi connectivity index (χ2v) is 4.58. The van der Waals surface area contributed by atoms with E-state index in [4.69, 9.17) is 0 Å². The van der Waals surface area contributed by atoms with Crippen molar-refractivity contribution in [2.24, 2.45) is 0 Å². The van der Waals surface area contributed by atoms with Crippen molar-refractivity contribution in [1.82, 2.24) is 0 Å². The molecule has 0 nitrogen and oxygen atoms in total. The first-order chi connectivity index (χ1) is 6.79.